The zero-order chi connectivity index (χ0) is 12.1. The first-order valence-electron chi connectivity index (χ1n) is 4.54. The fourth-order valence-electron chi connectivity index (χ4n) is 1.08. The highest BCUT2D eigenvalue weighted by Crippen LogP contribution is 2.21. The zero-order valence-corrected chi connectivity index (χ0v) is 11.3. The summed E-state index contributed by atoms with van der Waals surface area (Å²) in [7, 11) is 3.05. The molecule has 88 valence electrons. The normalized spacial score (nSPS) is 10.2. The molecule has 0 saturated carbocycles. The number of carbonyl (C=O) groups excluding carboxylic acids is 1. The van der Waals surface area contributed by atoms with E-state index in [1.165, 1.54) is 35.7 Å². The van der Waals surface area contributed by atoms with Crippen LogP contribution in [0.3, 0.4) is 0 Å². The van der Waals surface area contributed by atoms with Crippen molar-refractivity contribution in [1.29, 1.82) is 0 Å². The summed E-state index contributed by atoms with van der Waals surface area (Å²) in [4.78, 5) is 21.1. The standard InChI is InChI=1S/C10H14N2O2S2/c1-12(14-2)10(13)7-5-8(15-3)11-9(6-7)16-4/h5-6H,1-4H3. The van der Waals surface area contributed by atoms with Gasteiger partial charge in [-0.2, -0.15) is 0 Å². The van der Waals surface area contributed by atoms with Gasteiger partial charge in [-0.1, -0.05) is 0 Å². The monoisotopic (exact) mass is 258 g/mol. The van der Waals surface area contributed by atoms with E-state index < -0.39 is 0 Å². The third kappa shape index (κ3) is 3.13. The Morgan fingerprint density at radius 2 is 1.81 bits per heavy atom. The molecule has 0 aliphatic rings. The van der Waals surface area contributed by atoms with Crippen molar-refractivity contribution < 1.29 is 9.63 Å². The van der Waals surface area contributed by atoms with E-state index in [2.05, 4.69) is 4.98 Å². The molecule has 4 nitrogen and oxygen atoms in total. The Kier molecular flexibility index (Phi) is 5.11. The van der Waals surface area contributed by atoms with Crippen molar-refractivity contribution in [3.8, 4) is 0 Å². The first-order valence-corrected chi connectivity index (χ1v) is 6.99. The second kappa shape index (κ2) is 6.12. The summed E-state index contributed by atoms with van der Waals surface area (Å²) >= 11 is 3.03. The van der Waals surface area contributed by atoms with Gasteiger partial charge in [-0.05, 0) is 24.6 Å². The van der Waals surface area contributed by atoms with Crippen molar-refractivity contribution in [3.63, 3.8) is 0 Å². The molecule has 0 aliphatic heterocycles. The lowest BCUT2D eigenvalue weighted by molar-refractivity contribution is -0.0757. The van der Waals surface area contributed by atoms with Crippen molar-refractivity contribution in [2.75, 3.05) is 26.7 Å². The molecule has 1 aromatic heterocycles. The lowest BCUT2D eigenvalue weighted by atomic mass is 10.2. The van der Waals surface area contributed by atoms with Gasteiger partial charge < -0.3 is 0 Å². The minimum Gasteiger partial charge on any atom is -0.274 e. The van der Waals surface area contributed by atoms with E-state index in [1.54, 1.807) is 19.2 Å². The third-order valence-electron chi connectivity index (χ3n) is 2.00. The number of pyridine rings is 1. The number of amides is 1. The summed E-state index contributed by atoms with van der Waals surface area (Å²) in [6, 6.07) is 3.53. The van der Waals surface area contributed by atoms with E-state index in [9.17, 15) is 4.79 Å². The highest BCUT2D eigenvalue weighted by molar-refractivity contribution is 7.99. The quantitative estimate of drug-likeness (QED) is 0.611. The van der Waals surface area contributed by atoms with Crippen molar-refractivity contribution in [2.24, 2.45) is 0 Å². The third-order valence-corrected chi connectivity index (χ3v) is 3.26. The maximum absolute atomic E-state index is 11.9. The molecule has 0 aromatic carbocycles. The van der Waals surface area contributed by atoms with Crippen molar-refractivity contribution >= 4 is 29.4 Å². The van der Waals surface area contributed by atoms with Gasteiger partial charge in [0.25, 0.3) is 5.91 Å². The fraction of sp³-hybridized carbons (Fsp3) is 0.400. The summed E-state index contributed by atoms with van der Waals surface area (Å²) in [5.74, 6) is -0.171. The summed E-state index contributed by atoms with van der Waals surface area (Å²) in [5, 5.41) is 2.86. The Balaban J connectivity index is 3.07. The maximum Gasteiger partial charge on any atom is 0.277 e. The van der Waals surface area contributed by atoms with Gasteiger partial charge in [0.2, 0.25) is 0 Å². The van der Waals surface area contributed by atoms with Gasteiger partial charge in [-0.15, -0.1) is 23.5 Å². The Bertz CT molecular complexity index is 363. The van der Waals surface area contributed by atoms with Crippen LogP contribution in [-0.4, -0.2) is 42.6 Å². The molecule has 0 atom stereocenters. The molecular weight excluding hydrogens is 244 g/mol. The van der Waals surface area contributed by atoms with Crippen LogP contribution < -0.4 is 0 Å². The molecule has 1 aromatic rings. The average molecular weight is 258 g/mol. The lowest BCUT2D eigenvalue weighted by Gasteiger charge is -2.14. The van der Waals surface area contributed by atoms with E-state index in [-0.39, 0.29) is 5.91 Å². The molecule has 0 spiro atoms. The number of hydrogen-bond donors (Lipinski definition) is 0. The van der Waals surface area contributed by atoms with E-state index in [0.717, 1.165) is 10.1 Å². The van der Waals surface area contributed by atoms with E-state index in [4.69, 9.17) is 4.84 Å². The van der Waals surface area contributed by atoms with Crippen LogP contribution in [0.25, 0.3) is 0 Å². The molecular formula is C10H14N2O2S2. The minimum atomic E-state index is -0.171. The number of thioether (sulfide) groups is 2. The lowest BCUT2D eigenvalue weighted by Crippen LogP contribution is -2.25. The van der Waals surface area contributed by atoms with Gasteiger partial charge in [-0.25, -0.2) is 10.0 Å². The summed E-state index contributed by atoms with van der Waals surface area (Å²) in [5.41, 5.74) is 0.591. The van der Waals surface area contributed by atoms with Crippen LogP contribution in [0.1, 0.15) is 10.4 Å². The maximum atomic E-state index is 11.9. The highest BCUT2D eigenvalue weighted by Gasteiger charge is 2.13. The summed E-state index contributed by atoms with van der Waals surface area (Å²) in [6.07, 6.45) is 3.86. The smallest absolute Gasteiger partial charge is 0.274 e. The van der Waals surface area contributed by atoms with Crippen LogP contribution in [0.4, 0.5) is 0 Å². The number of carbonyl (C=O) groups is 1. The van der Waals surface area contributed by atoms with Crippen molar-refractivity contribution in [3.05, 3.63) is 17.7 Å². The zero-order valence-electron chi connectivity index (χ0n) is 9.68. The van der Waals surface area contributed by atoms with Crippen LogP contribution >= 0.6 is 23.5 Å². The number of hydrogen-bond acceptors (Lipinski definition) is 5. The molecule has 0 saturated heterocycles. The number of aromatic nitrogens is 1. The van der Waals surface area contributed by atoms with Gasteiger partial charge in [0.1, 0.15) is 0 Å². The summed E-state index contributed by atoms with van der Waals surface area (Å²) in [6.45, 7) is 0. The van der Waals surface area contributed by atoms with Crippen molar-refractivity contribution in [2.45, 2.75) is 10.1 Å². The van der Waals surface area contributed by atoms with Crippen LogP contribution in [0.5, 0.6) is 0 Å². The number of hydroxylamine groups is 2. The van der Waals surface area contributed by atoms with Crippen LogP contribution in [0.15, 0.2) is 22.2 Å². The topological polar surface area (TPSA) is 42.4 Å². The molecule has 0 unspecified atom stereocenters. The largest absolute Gasteiger partial charge is 0.277 e. The molecule has 1 rings (SSSR count). The van der Waals surface area contributed by atoms with E-state index in [1.807, 2.05) is 12.5 Å². The second-order valence-electron chi connectivity index (χ2n) is 2.93. The van der Waals surface area contributed by atoms with Gasteiger partial charge in [-0.3, -0.25) is 9.63 Å². The first kappa shape index (κ1) is 13.3. The van der Waals surface area contributed by atoms with Crippen LogP contribution in [-0.2, 0) is 4.84 Å². The Morgan fingerprint density at radius 3 is 2.19 bits per heavy atom. The van der Waals surface area contributed by atoms with Gasteiger partial charge in [0.05, 0.1) is 17.2 Å². The first-order chi connectivity index (χ1) is 7.62. The molecule has 0 N–H and O–H groups in total. The second-order valence-corrected chi connectivity index (χ2v) is 4.58. The van der Waals surface area contributed by atoms with Crippen LogP contribution in [0, 0.1) is 0 Å². The molecule has 0 fully saturated rings. The SMILES string of the molecule is CON(C)C(=O)c1cc(SC)nc(SC)c1. The predicted octanol–water partition coefficient (Wildman–Crippen LogP) is 2.16. The molecule has 0 radical (unpaired) electrons. The molecule has 0 aliphatic carbocycles. The summed E-state index contributed by atoms with van der Waals surface area (Å²) < 4.78 is 0. The Hall–Kier alpha value is -0.720. The Morgan fingerprint density at radius 1 is 1.31 bits per heavy atom. The van der Waals surface area contributed by atoms with E-state index >= 15 is 0 Å². The molecule has 1 amide bonds. The van der Waals surface area contributed by atoms with Crippen molar-refractivity contribution in [1.82, 2.24) is 10.0 Å². The molecule has 16 heavy (non-hydrogen) atoms. The molecule has 0 bridgehead atoms. The van der Waals surface area contributed by atoms with Gasteiger partial charge in [0, 0.05) is 12.6 Å². The molecule has 6 heteroatoms. The van der Waals surface area contributed by atoms with Gasteiger partial charge >= 0.3 is 0 Å². The number of nitrogens with zero attached hydrogens (tertiary/aromatic N) is 2. The minimum absolute atomic E-state index is 0.171. The average Bonchev–Trinajstić information content (AvgIpc) is 2.35. The van der Waals surface area contributed by atoms with Crippen LogP contribution in [0.2, 0.25) is 0 Å². The van der Waals surface area contributed by atoms with Gasteiger partial charge in [0.15, 0.2) is 0 Å². The molecule has 1 heterocycles. The Labute approximate surface area is 104 Å². The fourth-order valence-corrected chi connectivity index (χ4v) is 2.00. The highest BCUT2D eigenvalue weighted by atomic mass is 32.2. The number of rotatable bonds is 4. The van der Waals surface area contributed by atoms with E-state index in [0.29, 0.717) is 5.56 Å². The predicted molar refractivity (Wildman–Crippen MR) is 66.9 cm³/mol.